The monoisotopic (exact) mass is 312 g/mol. The van der Waals surface area contributed by atoms with Crippen LogP contribution in [0.3, 0.4) is 0 Å². The third-order valence-electron chi connectivity index (χ3n) is 3.90. The van der Waals surface area contributed by atoms with Crippen LogP contribution in [0.15, 0.2) is 5.51 Å². The van der Waals surface area contributed by atoms with E-state index in [0.29, 0.717) is 0 Å². The second kappa shape index (κ2) is 9.54. The first-order valence-electron chi connectivity index (χ1n) is 8.20. The first-order chi connectivity index (χ1) is 9.88. The lowest BCUT2D eigenvalue weighted by atomic mass is 9.95. The molecule has 3 nitrogen and oxygen atoms in total. The molecule has 1 atom stereocenters. The van der Waals surface area contributed by atoms with Crippen LogP contribution in [0.4, 0.5) is 0 Å². The van der Waals surface area contributed by atoms with Gasteiger partial charge in [0.25, 0.3) is 0 Å². The summed E-state index contributed by atoms with van der Waals surface area (Å²) < 4.78 is 0. The van der Waals surface area contributed by atoms with Crippen molar-refractivity contribution in [3.8, 4) is 0 Å². The van der Waals surface area contributed by atoms with Gasteiger partial charge in [-0.05, 0) is 65.5 Å². The number of aryl methyl sites for hydroxylation is 2. The molecule has 0 fully saturated rings. The standard InChI is InChI=1S/C17H32N2OS/c1-14(7-5-10-17(3,4)20)9-12-18-11-6-8-16-15(2)19-13-21-16/h13-14,18,20H,5-12H2,1-4H3/t14-/m0/s1. The number of hydrogen-bond acceptors (Lipinski definition) is 4. The minimum Gasteiger partial charge on any atom is -0.390 e. The van der Waals surface area contributed by atoms with Crippen molar-refractivity contribution in [2.45, 2.75) is 71.8 Å². The summed E-state index contributed by atoms with van der Waals surface area (Å²) in [5, 5.41) is 13.2. The fraction of sp³-hybridized carbons (Fsp3) is 0.824. The van der Waals surface area contributed by atoms with Gasteiger partial charge in [0.05, 0.1) is 16.8 Å². The molecule has 1 heterocycles. The van der Waals surface area contributed by atoms with Crippen LogP contribution in [0, 0.1) is 12.8 Å². The highest BCUT2D eigenvalue weighted by Crippen LogP contribution is 2.17. The molecule has 4 heteroatoms. The van der Waals surface area contributed by atoms with Crippen molar-refractivity contribution in [3.63, 3.8) is 0 Å². The summed E-state index contributed by atoms with van der Waals surface area (Å²) in [5.41, 5.74) is 2.63. The zero-order chi connectivity index (χ0) is 15.7. The third kappa shape index (κ3) is 9.22. The molecule has 0 radical (unpaired) electrons. The molecular formula is C17H32N2OS. The van der Waals surface area contributed by atoms with Crippen molar-refractivity contribution in [3.05, 3.63) is 16.1 Å². The highest BCUT2D eigenvalue weighted by Gasteiger charge is 2.12. The molecule has 0 unspecified atom stereocenters. The van der Waals surface area contributed by atoms with Crippen molar-refractivity contribution in [2.24, 2.45) is 5.92 Å². The molecule has 0 saturated heterocycles. The summed E-state index contributed by atoms with van der Waals surface area (Å²) in [7, 11) is 0. The van der Waals surface area contributed by atoms with E-state index in [1.165, 1.54) is 29.8 Å². The third-order valence-corrected chi connectivity index (χ3v) is 4.90. The molecule has 0 saturated carbocycles. The molecule has 2 N–H and O–H groups in total. The Hall–Kier alpha value is -0.450. The van der Waals surface area contributed by atoms with Crippen molar-refractivity contribution in [1.29, 1.82) is 0 Å². The van der Waals surface area contributed by atoms with E-state index >= 15 is 0 Å². The number of aliphatic hydroxyl groups is 1. The topological polar surface area (TPSA) is 45.2 Å². The lowest BCUT2D eigenvalue weighted by Crippen LogP contribution is -2.20. The maximum Gasteiger partial charge on any atom is 0.0797 e. The van der Waals surface area contributed by atoms with Crippen molar-refractivity contribution >= 4 is 11.3 Å². The summed E-state index contributed by atoms with van der Waals surface area (Å²) in [5.74, 6) is 0.739. The van der Waals surface area contributed by atoms with Crippen LogP contribution >= 0.6 is 11.3 Å². The Morgan fingerprint density at radius 1 is 1.29 bits per heavy atom. The van der Waals surface area contributed by atoms with E-state index in [9.17, 15) is 5.11 Å². The Bertz CT molecular complexity index is 384. The van der Waals surface area contributed by atoms with E-state index < -0.39 is 5.60 Å². The van der Waals surface area contributed by atoms with Gasteiger partial charge in [-0.15, -0.1) is 11.3 Å². The average Bonchev–Trinajstić information content (AvgIpc) is 2.78. The highest BCUT2D eigenvalue weighted by atomic mass is 32.1. The van der Waals surface area contributed by atoms with Crippen LogP contribution in [0.2, 0.25) is 0 Å². The molecule has 0 amide bonds. The maximum absolute atomic E-state index is 9.69. The number of nitrogens with zero attached hydrogens (tertiary/aromatic N) is 1. The summed E-state index contributed by atoms with van der Waals surface area (Å²) >= 11 is 1.77. The first kappa shape index (κ1) is 18.6. The van der Waals surface area contributed by atoms with E-state index in [4.69, 9.17) is 0 Å². The molecule has 0 aliphatic heterocycles. The van der Waals surface area contributed by atoms with Crippen molar-refractivity contribution in [2.75, 3.05) is 13.1 Å². The number of nitrogens with one attached hydrogen (secondary N) is 1. The number of aromatic nitrogens is 1. The predicted molar refractivity (Wildman–Crippen MR) is 92.0 cm³/mol. The lowest BCUT2D eigenvalue weighted by molar-refractivity contribution is 0.0669. The summed E-state index contributed by atoms with van der Waals surface area (Å²) in [6.45, 7) is 10.4. The molecule has 122 valence electrons. The van der Waals surface area contributed by atoms with E-state index in [-0.39, 0.29) is 0 Å². The largest absolute Gasteiger partial charge is 0.390 e. The Morgan fingerprint density at radius 2 is 2.05 bits per heavy atom. The Kier molecular flexibility index (Phi) is 8.45. The minimum absolute atomic E-state index is 0.507. The second-order valence-corrected chi connectivity index (χ2v) is 7.75. The smallest absolute Gasteiger partial charge is 0.0797 e. The van der Waals surface area contributed by atoms with Crippen LogP contribution in [-0.4, -0.2) is 28.8 Å². The summed E-state index contributed by atoms with van der Waals surface area (Å²) in [4.78, 5) is 5.71. The fourth-order valence-electron chi connectivity index (χ4n) is 2.44. The first-order valence-corrected chi connectivity index (χ1v) is 9.08. The quantitative estimate of drug-likeness (QED) is 0.608. The Balaban J connectivity index is 1.95. The lowest BCUT2D eigenvalue weighted by Gasteiger charge is -2.18. The number of thiazole rings is 1. The van der Waals surface area contributed by atoms with E-state index in [1.807, 2.05) is 19.4 Å². The minimum atomic E-state index is -0.507. The molecular weight excluding hydrogens is 280 g/mol. The van der Waals surface area contributed by atoms with Crippen LogP contribution < -0.4 is 5.32 Å². The van der Waals surface area contributed by atoms with Gasteiger partial charge in [0.15, 0.2) is 0 Å². The molecule has 1 aromatic heterocycles. The van der Waals surface area contributed by atoms with Gasteiger partial charge < -0.3 is 10.4 Å². The van der Waals surface area contributed by atoms with Gasteiger partial charge >= 0.3 is 0 Å². The Morgan fingerprint density at radius 3 is 2.67 bits per heavy atom. The summed E-state index contributed by atoms with van der Waals surface area (Å²) in [6, 6.07) is 0. The van der Waals surface area contributed by atoms with Gasteiger partial charge in [0, 0.05) is 4.88 Å². The van der Waals surface area contributed by atoms with Gasteiger partial charge in [-0.2, -0.15) is 0 Å². The molecule has 1 aromatic rings. The molecule has 0 aliphatic carbocycles. The maximum atomic E-state index is 9.69. The van der Waals surface area contributed by atoms with E-state index in [2.05, 4.69) is 24.1 Å². The predicted octanol–water partition coefficient (Wildman–Crippen LogP) is 3.94. The van der Waals surface area contributed by atoms with Gasteiger partial charge in [-0.3, -0.25) is 0 Å². The molecule has 0 spiro atoms. The molecule has 0 aromatic carbocycles. The average molecular weight is 313 g/mol. The highest BCUT2D eigenvalue weighted by molar-refractivity contribution is 7.09. The normalized spacial score (nSPS) is 13.6. The SMILES string of the molecule is Cc1ncsc1CCCNCC[C@@H](C)CCCC(C)(C)O. The van der Waals surface area contributed by atoms with Crippen molar-refractivity contribution in [1.82, 2.24) is 10.3 Å². The van der Waals surface area contributed by atoms with Gasteiger partial charge in [-0.25, -0.2) is 4.98 Å². The number of hydrogen-bond donors (Lipinski definition) is 2. The Labute approximate surface area is 134 Å². The van der Waals surface area contributed by atoms with Gasteiger partial charge in [0.1, 0.15) is 0 Å². The van der Waals surface area contributed by atoms with E-state index in [1.54, 1.807) is 11.3 Å². The molecule has 1 rings (SSSR count). The molecule has 0 bridgehead atoms. The molecule has 21 heavy (non-hydrogen) atoms. The van der Waals surface area contributed by atoms with Crippen LogP contribution in [0.1, 0.15) is 63.4 Å². The number of rotatable bonds is 11. The van der Waals surface area contributed by atoms with Crippen LogP contribution in [-0.2, 0) is 6.42 Å². The zero-order valence-corrected chi connectivity index (χ0v) is 14.9. The van der Waals surface area contributed by atoms with Crippen LogP contribution in [0.25, 0.3) is 0 Å². The fourth-order valence-corrected chi connectivity index (χ4v) is 3.26. The summed E-state index contributed by atoms with van der Waals surface area (Å²) in [6.07, 6.45) is 6.80. The zero-order valence-electron chi connectivity index (χ0n) is 14.1. The van der Waals surface area contributed by atoms with Gasteiger partial charge in [-0.1, -0.05) is 19.8 Å². The molecule has 0 aliphatic rings. The van der Waals surface area contributed by atoms with Crippen LogP contribution in [0.5, 0.6) is 0 Å². The van der Waals surface area contributed by atoms with E-state index in [0.717, 1.165) is 38.3 Å². The van der Waals surface area contributed by atoms with Crippen molar-refractivity contribution < 1.29 is 5.11 Å². The second-order valence-electron chi connectivity index (χ2n) is 6.81. The van der Waals surface area contributed by atoms with Gasteiger partial charge in [0.2, 0.25) is 0 Å².